The van der Waals surface area contributed by atoms with Crippen LogP contribution in [0.15, 0.2) is 0 Å². The van der Waals surface area contributed by atoms with E-state index in [0.29, 0.717) is 5.92 Å². The summed E-state index contributed by atoms with van der Waals surface area (Å²) in [7, 11) is 0. The second kappa shape index (κ2) is 4.78. The normalized spacial score (nSPS) is 18.1. The van der Waals surface area contributed by atoms with Gasteiger partial charge in [-0.05, 0) is 53.4 Å². The third-order valence-electron chi connectivity index (χ3n) is 4.21. The molecular weight excluding hydrogens is 232 g/mol. The summed E-state index contributed by atoms with van der Waals surface area (Å²) in [6, 6.07) is -0.150. The van der Waals surface area contributed by atoms with E-state index in [1.54, 1.807) is 27.7 Å². The van der Waals surface area contributed by atoms with E-state index >= 15 is 0 Å². The Balaban J connectivity index is 2.58. The Morgan fingerprint density at radius 1 is 1.22 bits per heavy atom. The highest BCUT2D eigenvalue weighted by atomic mass is 16.4. The Morgan fingerprint density at radius 2 is 1.72 bits per heavy atom. The van der Waals surface area contributed by atoms with Crippen molar-refractivity contribution in [2.45, 2.75) is 59.0 Å². The molecule has 1 aliphatic rings. The number of rotatable bonds is 5. The molecule has 104 valence electrons. The smallest absolute Gasteiger partial charge is 0.315 e. The lowest BCUT2D eigenvalue weighted by atomic mass is 9.74. The monoisotopic (exact) mass is 256 g/mol. The van der Waals surface area contributed by atoms with Crippen molar-refractivity contribution in [1.29, 1.82) is 0 Å². The van der Waals surface area contributed by atoms with Crippen LogP contribution in [0.25, 0.3) is 0 Å². The van der Waals surface area contributed by atoms with Gasteiger partial charge in [0.2, 0.25) is 0 Å². The van der Waals surface area contributed by atoms with E-state index in [0.717, 1.165) is 12.8 Å². The van der Waals surface area contributed by atoms with Crippen LogP contribution in [0.4, 0.5) is 4.79 Å². The molecule has 0 saturated heterocycles. The van der Waals surface area contributed by atoms with E-state index in [-0.39, 0.29) is 12.1 Å². The predicted octanol–water partition coefficient (Wildman–Crippen LogP) is 1.97. The summed E-state index contributed by atoms with van der Waals surface area (Å²) in [4.78, 5) is 23.1. The standard InChI is InChI=1S/C13H24N2O3/c1-8(9-6-7-9)14-11(18)15-13(4,5)12(2,3)10(16)17/h8-9H,6-7H2,1-5H3,(H,16,17)(H2,14,15,18). The summed E-state index contributed by atoms with van der Waals surface area (Å²) in [5.74, 6) is -0.352. The molecule has 2 amide bonds. The van der Waals surface area contributed by atoms with Gasteiger partial charge >= 0.3 is 12.0 Å². The fraction of sp³-hybridized carbons (Fsp3) is 0.846. The minimum absolute atomic E-state index is 0.147. The van der Waals surface area contributed by atoms with E-state index in [4.69, 9.17) is 0 Å². The number of amides is 2. The maximum absolute atomic E-state index is 11.9. The van der Waals surface area contributed by atoms with Crippen LogP contribution >= 0.6 is 0 Å². The van der Waals surface area contributed by atoms with Crippen LogP contribution in [-0.2, 0) is 4.79 Å². The number of carboxylic acids is 1. The highest BCUT2D eigenvalue weighted by Gasteiger charge is 2.44. The van der Waals surface area contributed by atoms with Crippen LogP contribution < -0.4 is 10.6 Å². The van der Waals surface area contributed by atoms with Gasteiger partial charge in [0.05, 0.1) is 11.0 Å². The zero-order chi connectivity index (χ0) is 14.1. The summed E-state index contributed by atoms with van der Waals surface area (Å²) >= 11 is 0. The second-order valence-corrected chi connectivity index (χ2v) is 6.28. The molecular formula is C13H24N2O3. The molecule has 1 saturated carbocycles. The van der Waals surface area contributed by atoms with Crippen molar-refractivity contribution < 1.29 is 14.7 Å². The molecule has 5 heteroatoms. The predicted molar refractivity (Wildman–Crippen MR) is 69.3 cm³/mol. The molecule has 18 heavy (non-hydrogen) atoms. The highest BCUT2D eigenvalue weighted by molar-refractivity contribution is 5.79. The van der Waals surface area contributed by atoms with Gasteiger partial charge in [-0.2, -0.15) is 0 Å². The van der Waals surface area contributed by atoms with Crippen LogP contribution in [0.5, 0.6) is 0 Å². The molecule has 1 unspecified atom stereocenters. The van der Waals surface area contributed by atoms with E-state index in [1.165, 1.54) is 0 Å². The van der Waals surface area contributed by atoms with E-state index in [1.807, 2.05) is 6.92 Å². The lowest BCUT2D eigenvalue weighted by Gasteiger charge is -2.39. The number of nitrogens with one attached hydrogen (secondary N) is 2. The minimum atomic E-state index is -1.03. The molecule has 0 aromatic rings. The van der Waals surface area contributed by atoms with E-state index < -0.39 is 16.9 Å². The molecule has 0 radical (unpaired) electrons. The van der Waals surface area contributed by atoms with Crippen LogP contribution in [0, 0.1) is 11.3 Å². The molecule has 0 aromatic carbocycles. The Morgan fingerprint density at radius 3 is 2.11 bits per heavy atom. The molecule has 0 aliphatic heterocycles. The zero-order valence-electron chi connectivity index (χ0n) is 11.8. The second-order valence-electron chi connectivity index (χ2n) is 6.28. The minimum Gasteiger partial charge on any atom is -0.481 e. The molecule has 0 aromatic heterocycles. The third-order valence-corrected chi connectivity index (χ3v) is 4.21. The Kier molecular flexibility index (Phi) is 3.93. The first kappa shape index (κ1) is 14.8. The molecule has 0 bridgehead atoms. The zero-order valence-corrected chi connectivity index (χ0v) is 11.8. The van der Waals surface area contributed by atoms with Gasteiger partial charge in [0.15, 0.2) is 0 Å². The topological polar surface area (TPSA) is 78.4 Å². The Bertz CT molecular complexity index is 346. The fourth-order valence-corrected chi connectivity index (χ4v) is 1.66. The maximum Gasteiger partial charge on any atom is 0.315 e. The Hall–Kier alpha value is -1.26. The number of carboxylic acid groups (broad SMARTS) is 1. The van der Waals surface area contributed by atoms with Gasteiger partial charge < -0.3 is 15.7 Å². The molecule has 3 N–H and O–H groups in total. The number of urea groups is 1. The molecule has 0 heterocycles. The number of carbonyl (C=O) groups excluding carboxylic acids is 1. The van der Waals surface area contributed by atoms with Crippen molar-refractivity contribution in [3.05, 3.63) is 0 Å². The first-order valence-electron chi connectivity index (χ1n) is 6.40. The van der Waals surface area contributed by atoms with Gasteiger partial charge in [0.1, 0.15) is 0 Å². The molecule has 1 fully saturated rings. The average Bonchev–Trinajstić information content (AvgIpc) is 2.98. The molecule has 5 nitrogen and oxygen atoms in total. The van der Waals surface area contributed by atoms with Crippen LogP contribution in [0.2, 0.25) is 0 Å². The number of hydrogen-bond donors (Lipinski definition) is 3. The van der Waals surface area contributed by atoms with E-state index in [2.05, 4.69) is 10.6 Å². The van der Waals surface area contributed by atoms with Gasteiger partial charge in [0.25, 0.3) is 0 Å². The van der Waals surface area contributed by atoms with E-state index in [9.17, 15) is 14.7 Å². The van der Waals surface area contributed by atoms with Gasteiger partial charge in [-0.1, -0.05) is 0 Å². The SMILES string of the molecule is CC(NC(=O)NC(C)(C)C(C)(C)C(=O)O)C1CC1. The van der Waals surface area contributed by atoms with Crippen molar-refractivity contribution in [2.75, 3.05) is 0 Å². The number of carbonyl (C=O) groups is 2. The first-order valence-corrected chi connectivity index (χ1v) is 6.40. The van der Waals surface area contributed by atoms with Crippen molar-refractivity contribution in [3.63, 3.8) is 0 Å². The molecule has 1 aliphatic carbocycles. The number of hydrogen-bond acceptors (Lipinski definition) is 2. The molecule has 1 rings (SSSR count). The van der Waals surface area contributed by atoms with Gasteiger partial charge in [0, 0.05) is 6.04 Å². The largest absolute Gasteiger partial charge is 0.481 e. The Labute approximate surface area is 108 Å². The maximum atomic E-state index is 11.9. The average molecular weight is 256 g/mol. The van der Waals surface area contributed by atoms with Crippen molar-refractivity contribution in [2.24, 2.45) is 11.3 Å². The lowest BCUT2D eigenvalue weighted by Crippen LogP contribution is -2.59. The fourth-order valence-electron chi connectivity index (χ4n) is 1.66. The van der Waals surface area contributed by atoms with Crippen LogP contribution in [-0.4, -0.2) is 28.7 Å². The van der Waals surface area contributed by atoms with Crippen LogP contribution in [0.3, 0.4) is 0 Å². The van der Waals surface area contributed by atoms with Crippen molar-refractivity contribution in [1.82, 2.24) is 10.6 Å². The summed E-state index contributed by atoms with van der Waals surface area (Å²) in [6.07, 6.45) is 2.32. The number of aliphatic carboxylic acids is 1. The van der Waals surface area contributed by atoms with Gasteiger partial charge in [-0.25, -0.2) is 4.79 Å². The lowest BCUT2D eigenvalue weighted by molar-refractivity contribution is -0.150. The summed E-state index contributed by atoms with van der Waals surface area (Å²) in [6.45, 7) is 8.65. The van der Waals surface area contributed by atoms with Gasteiger partial charge in [-0.3, -0.25) is 4.79 Å². The van der Waals surface area contributed by atoms with Crippen molar-refractivity contribution in [3.8, 4) is 0 Å². The van der Waals surface area contributed by atoms with Gasteiger partial charge in [-0.15, -0.1) is 0 Å². The molecule has 1 atom stereocenters. The third kappa shape index (κ3) is 3.15. The van der Waals surface area contributed by atoms with Crippen LogP contribution in [0.1, 0.15) is 47.5 Å². The first-order chi connectivity index (χ1) is 8.08. The summed E-state index contributed by atoms with van der Waals surface area (Å²) < 4.78 is 0. The van der Waals surface area contributed by atoms with Crippen molar-refractivity contribution >= 4 is 12.0 Å². The summed E-state index contributed by atoms with van der Waals surface area (Å²) in [5, 5.41) is 14.8. The highest BCUT2D eigenvalue weighted by Crippen LogP contribution is 2.33. The molecule has 0 spiro atoms. The summed E-state index contributed by atoms with van der Waals surface area (Å²) in [5.41, 5.74) is -1.86. The quantitative estimate of drug-likeness (QED) is 0.703.